The number of hydrogen-bond donors (Lipinski definition) is 0. The van der Waals surface area contributed by atoms with Crippen LogP contribution in [0.4, 0.5) is 0 Å². The van der Waals surface area contributed by atoms with E-state index in [0.717, 1.165) is 22.4 Å². The lowest BCUT2D eigenvalue weighted by molar-refractivity contribution is 0.305. The van der Waals surface area contributed by atoms with Crippen molar-refractivity contribution in [3.05, 3.63) is 89.0 Å². The molecule has 0 saturated heterocycles. The molecule has 0 fully saturated rings. The number of ether oxygens (including phenoxy) is 1. The molecule has 4 rings (SSSR count). The lowest BCUT2D eigenvalue weighted by atomic mass is 10.2. The summed E-state index contributed by atoms with van der Waals surface area (Å²) in [5.74, 6) is 1.30. The first-order chi connectivity index (χ1) is 12.8. The summed E-state index contributed by atoms with van der Waals surface area (Å²) in [5.41, 5.74) is 3.40. The van der Waals surface area contributed by atoms with Gasteiger partial charge in [0.15, 0.2) is 5.58 Å². The zero-order valence-electron chi connectivity index (χ0n) is 13.8. The van der Waals surface area contributed by atoms with Crippen LogP contribution in [0.2, 0.25) is 5.02 Å². The van der Waals surface area contributed by atoms with Crippen molar-refractivity contribution in [2.75, 3.05) is 0 Å². The van der Waals surface area contributed by atoms with Crippen molar-refractivity contribution in [3.8, 4) is 5.75 Å². The summed E-state index contributed by atoms with van der Waals surface area (Å²) in [4.78, 5) is 8.52. The highest BCUT2D eigenvalue weighted by molar-refractivity contribution is 6.31. The van der Waals surface area contributed by atoms with Crippen LogP contribution in [0.1, 0.15) is 17.0 Å². The molecule has 0 radical (unpaired) electrons. The van der Waals surface area contributed by atoms with Gasteiger partial charge in [-0.25, -0.2) is 4.98 Å². The van der Waals surface area contributed by atoms with Crippen LogP contribution in [0.15, 0.2) is 71.4 Å². The van der Waals surface area contributed by atoms with Gasteiger partial charge in [0.05, 0.1) is 0 Å². The molecule has 0 atom stereocenters. The predicted molar refractivity (Wildman–Crippen MR) is 103 cm³/mol. The van der Waals surface area contributed by atoms with E-state index in [2.05, 4.69) is 9.97 Å². The van der Waals surface area contributed by atoms with Crippen LogP contribution in [0.3, 0.4) is 0 Å². The average Bonchev–Trinajstić information content (AvgIpc) is 3.08. The number of halogens is 1. The molecule has 0 aliphatic heterocycles. The monoisotopic (exact) mass is 362 g/mol. The molecule has 26 heavy (non-hydrogen) atoms. The van der Waals surface area contributed by atoms with Crippen LogP contribution in [-0.2, 0) is 6.61 Å². The largest absolute Gasteiger partial charge is 0.488 e. The van der Waals surface area contributed by atoms with E-state index < -0.39 is 0 Å². The van der Waals surface area contributed by atoms with Gasteiger partial charge in [0.2, 0.25) is 5.89 Å². The van der Waals surface area contributed by atoms with Crippen LogP contribution >= 0.6 is 11.6 Å². The molecule has 128 valence electrons. The Hall–Kier alpha value is -3.11. The molecule has 4 nitrogen and oxygen atoms in total. The number of pyridine rings is 1. The fourth-order valence-corrected chi connectivity index (χ4v) is 2.71. The Morgan fingerprint density at radius 1 is 1.04 bits per heavy atom. The van der Waals surface area contributed by atoms with E-state index in [1.807, 2.05) is 54.6 Å². The van der Waals surface area contributed by atoms with E-state index in [4.69, 9.17) is 20.8 Å². The molecule has 0 spiro atoms. The normalized spacial score (nSPS) is 11.3. The number of hydrogen-bond acceptors (Lipinski definition) is 4. The topological polar surface area (TPSA) is 48.2 Å². The van der Waals surface area contributed by atoms with Crippen molar-refractivity contribution in [1.82, 2.24) is 9.97 Å². The summed E-state index contributed by atoms with van der Waals surface area (Å²) in [6.07, 6.45) is 7.28. The molecule has 0 amide bonds. The van der Waals surface area contributed by atoms with Gasteiger partial charge in [0.25, 0.3) is 0 Å². The summed E-state index contributed by atoms with van der Waals surface area (Å²) in [6.45, 7) is 0.458. The van der Waals surface area contributed by atoms with Crippen molar-refractivity contribution >= 4 is 34.9 Å². The van der Waals surface area contributed by atoms with E-state index >= 15 is 0 Å². The molecular formula is C21H15ClN2O2. The first kappa shape index (κ1) is 16.4. The van der Waals surface area contributed by atoms with Gasteiger partial charge in [-0.15, -0.1) is 0 Å². The Bertz CT molecular complexity index is 1060. The molecule has 2 aromatic carbocycles. The number of para-hydroxylation sites is 1. The van der Waals surface area contributed by atoms with Crippen LogP contribution in [0.25, 0.3) is 23.3 Å². The second-order valence-corrected chi connectivity index (χ2v) is 6.12. The van der Waals surface area contributed by atoms with E-state index in [0.29, 0.717) is 23.1 Å². The zero-order valence-corrected chi connectivity index (χ0v) is 14.6. The standard InChI is InChI=1S/C21H15ClN2O2/c22-17-8-9-20-18(12-17)24-21(26-20)10-7-16-5-1-2-6-19(16)25-14-15-4-3-11-23-13-15/h1-13H,14H2. The highest BCUT2D eigenvalue weighted by Gasteiger charge is 2.05. The summed E-state index contributed by atoms with van der Waals surface area (Å²) in [6, 6.07) is 17.1. The molecule has 5 heteroatoms. The molecular weight excluding hydrogens is 348 g/mol. The van der Waals surface area contributed by atoms with E-state index in [1.54, 1.807) is 24.5 Å². The maximum absolute atomic E-state index is 5.99. The third-order valence-electron chi connectivity index (χ3n) is 3.81. The Morgan fingerprint density at radius 3 is 2.85 bits per heavy atom. The fraction of sp³-hybridized carbons (Fsp3) is 0.0476. The summed E-state index contributed by atoms with van der Waals surface area (Å²) in [7, 11) is 0. The molecule has 2 aromatic heterocycles. The number of rotatable bonds is 5. The summed E-state index contributed by atoms with van der Waals surface area (Å²) in [5, 5.41) is 0.635. The zero-order chi connectivity index (χ0) is 17.8. The number of fused-ring (bicyclic) bond motifs is 1. The molecule has 0 unspecified atom stereocenters. The van der Waals surface area contributed by atoms with Crippen LogP contribution in [-0.4, -0.2) is 9.97 Å². The molecule has 2 heterocycles. The minimum atomic E-state index is 0.458. The molecule has 0 bridgehead atoms. The van der Waals surface area contributed by atoms with Crippen molar-refractivity contribution in [2.24, 2.45) is 0 Å². The summed E-state index contributed by atoms with van der Waals surface area (Å²) >= 11 is 5.99. The third kappa shape index (κ3) is 3.76. The third-order valence-corrected chi connectivity index (χ3v) is 4.04. The number of benzene rings is 2. The summed E-state index contributed by atoms with van der Waals surface area (Å²) < 4.78 is 11.6. The number of nitrogens with zero attached hydrogens (tertiary/aromatic N) is 2. The van der Waals surface area contributed by atoms with Crippen molar-refractivity contribution in [3.63, 3.8) is 0 Å². The molecule has 0 aliphatic rings. The second-order valence-electron chi connectivity index (χ2n) is 5.69. The SMILES string of the molecule is Clc1ccc2oc(C=Cc3ccccc3OCc3cccnc3)nc2c1. The van der Waals surface area contributed by atoms with Gasteiger partial charge in [-0.05, 0) is 36.4 Å². The molecule has 4 aromatic rings. The first-order valence-corrected chi connectivity index (χ1v) is 8.51. The van der Waals surface area contributed by atoms with Crippen LogP contribution < -0.4 is 4.74 Å². The van der Waals surface area contributed by atoms with E-state index in [-0.39, 0.29) is 0 Å². The van der Waals surface area contributed by atoms with Crippen molar-refractivity contribution in [1.29, 1.82) is 0 Å². The van der Waals surface area contributed by atoms with Gasteiger partial charge in [0, 0.05) is 34.6 Å². The Kier molecular flexibility index (Phi) is 4.67. The number of oxazole rings is 1. The van der Waals surface area contributed by atoms with Gasteiger partial charge in [-0.3, -0.25) is 4.98 Å². The quantitative estimate of drug-likeness (QED) is 0.462. The lowest BCUT2D eigenvalue weighted by Gasteiger charge is -2.08. The smallest absolute Gasteiger partial charge is 0.220 e. The van der Waals surface area contributed by atoms with Crippen molar-refractivity contribution < 1.29 is 9.15 Å². The molecule has 0 saturated carbocycles. The lowest BCUT2D eigenvalue weighted by Crippen LogP contribution is -1.97. The predicted octanol–water partition coefficient (Wildman–Crippen LogP) is 5.63. The van der Waals surface area contributed by atoms with Crippen LogP contribution in [0.5, 0.6) is 5.75 Å². The maximum Gasteiger partial charge on any atom is 0.220 e. The van der Waals surface area contributed by atoms with Gasteiger partial charge in [-0.2, -0.15) is 0 Å². The maximum atomic E-state index is 5.99. The number of aromatic nitrogens is 2. The van der Waals surface area contributed by atoms with Gasteiger partial charge in [-0.1, -0.05) is 35.9 Å². The molecule has 0 N–H and O–H groups in total. The van der Waals surface area contributed by atoms with E-state index in [1.165, 1.54) is 0 Å². The van der Waals surface area contributed by atoms with Gasteiger partial charge < -0.3 is 9.15 Å². The molecule has 0 aliphatic carbocycles. The minimum absolute atomic E-state index is 0.458. The highest BCUT2D eigenvalue weighted by Crippen LogP contribution is 2.24. The minimum Gasteiger partial charge on any atom is -0.488 e. The average molecular weight is 363 g/mol. The first-order valence-electron chi connectivity index (χ1n) is 8.13. The van der Waals surface area contributed by atoms with Gasteiger partial charge in [0.1, 0.15) is 17.9 Å². The van der Waals surface area contributed by atoms with Crippen molar-refractivity contribution in [2.45, 2.75) is 6.61 Å². The Labute approximate surface area is 155 Å². The van der Waals surface area contributed by atoms with E-state index in [9.17, 15) is 0 Å². The highest BCUT2D eigenvalue weighted by atomic mass is 35.5. The second kappa shape index (κ2) is 7.42. The Morgan fingerprint density at radius 2 is 1.96 bits per heavy atom. The Balaban J connectivity index is 1.54. The van der Waals surface area contributed by atoms with Gasteiger partial charge >= 0.3 is 0 Å². The fourth-order valence-electron chi connectivity index (χ4n) is 2.55. The van der Waals surface area contributed by atoms with Crippen LogP contribution in [0, 0.1) is 0 Å².